The van der Waals surface area contributed by atoms with Crippen molar-refractivity contribution < 1.29 is 4.79 Å². The lowest BCUT2D eigenvalue weighted by Crippen LogP contribution is -2.32. The maximum absolute atomic E-state index is 11.6. The van der Waals surface area contributed by atoms with Gasteiger partial charge >= 0.3 is 0 Å². The minimum Gasteiger partial charge on any atom is -0.364 e. The first-order valence-corrected chi connectivity index (χ1v) is 7.76. The fraction of sp³-hybridized carbons (Fsp3) is 0.375. The van der Waals surface area contributed by atoms with Crippen LogP contribution in [0.1, 0.15) is 35.3 Å². The Morgan fingerprint density at radius 2 is 1.83 bits per heavy atom. The van der Waals surface area contributed by atoms with Crippen LogP contribution in [0.5, 0.6) is 0 Å². The molecule has 2 heterocycles. The Kier molecular flexibility index (Phi) is 4.36. The molecule has 1 amide bonds. The molecule has 0 atom stereocenters. The fourth-order valence-electron chi connectivity index (χ4n) is 2.57. The second-order valence-electron chi connectivity index (χ2n) is 5.71. The van der Waals surface area contributed by atoms with Crippen molar-refractivity contribution in [3.05, 3.63) is 35.5 Å². The highest BCUT2D eigenvalue weighted by Crippen LogP contribution is 2.21. The van der Waals surface area contributed by atoms with E-state index in [4.69, 9.17) is 5.73 Å². The Bertz CT molecular complexity index is 694. The van der Waals surface area contributed by atoms with Crippen molar-refractivity contribution in [3.63, 3.8) is 0 Å². The van der Waals surface area contributed by atoms with Gasteiger partial charge in [0.2, 0.25) is 5.95 Å². The number of aryl methyl sites for hydroxylation is 1. The zero-order chi connectivity index (χ0) is 16.2. The van der Waals surface area contributed by atoms with E-state index in [0.29, 0.717) is 11.8 Å². The molecule has 1 aromatic carbocycles. The van der Waals surface area contributed by atoms with E-state index in [2.05, 4.69) is 25.4 Å². The van der Waals surface area contributed by atoms with E-state index >= 15 is 0 Å². The Hall–Kier alpha value is -2.70. The van der Waals surface area contributed by atoms with Gasteiger partial charge in [0.05, 0.1) is 0 Å². The molecule has 2 aromatic rings. The predicted octanol–water partition coefficient (Wildman–Crippen LogP) is 2.01. The summed E-state index contributed by atoms with van der Waals surface area (Å²) < 4.78 is 0. The van der Waals surface area contributed by atoms with Gasteiger partial charge in [-0.15, -0.1) is 10.2 Å². The summed E-state index contributed by atoms with van der Waals surface area (Å²) >= 11 is 0. The van der Waals surface area contributed by atoms with Gasteiger partial charge in [0.25, 0.3) is 5.91 Å². The molecule has 3 N–H and O–H groups in total. The zero-order valence-electron chi connectivity index (χ0n) is 13.1. The van der Waals surface area contributed by atoms with Gasteiger partial charge < -0.3 is 16.0 Å². The first-order valence-electron chi connectivity index (χ1n) is 7.76. The monoisotopic (exact) mass is 312 g/mol. The summed E-state index contributed by atoms with van der Waals surface area (Å²) in [5.41, 5.74) is 7.41. The van der Waals surface area contributed by atoms with Crippen LogP contribution in [0.15, 0.2) is 24.3 Å². The second-order valence-corrected chi connectivity index (χ2v) is 5.71. The molecule has 0 saturated carbocycles. The Morgan fingerprint density at radius 1 is 1.13 bits per heavy atom. The van der Waals surface area contributed by atoms with Crippen LogP contribution in [-0.2, 0) is 0 Å². The van der Waals surface area contributed by atoms with E-state index in [1.54, 1.807) is 0 Å². The number of nitrogens with one attached hydrogen (secondary N) is 1. The van der Waals surface area contributed by atoms with E-state index in [1.165, 1.54) is 6.42 Å². The van der Waals surface area contributed by atoms with Gasteiger partial charge in [0, 0.05) is 18.8 Å². The van der Waals surface area contributed by atoms with Crippen molar-refractivity contribution in [2.24, 2.45) is 5.73 Å². The number of carbonyl (C=O) groups excluding carboxylic acids is 1. The number of hydrogen-bond donors (Lipinski definition) is 2. The topological polar surface area (TPSA) is 97.0 Å². The summed E-state index contributed by atoms with van der Waals surface area (Å²) in [6.45, 7) is 3.82. The molecule has 1 fully saturated rings. The lowest BCUT2D eigenvalue weighted by molar-refractivity contribution is 0.0995. The summed E-state index contributed by atoms with van der Waals surface area (Å²) in [5.74, 6) is 0.228. The van der Waals surface area contributed by atoms with Gasteiger partial charge in [-0.2, -0.15) is 4.98 Å². The van der Waals surface area contributed by atoms with Crippen LogP contribution in [0.3, 0.4) is 0 Å². The first-order chi connectivity index (χ1) is 11.1. The SMILES string of the molecule is Cc1ccc(Nc2nc(N3CCCCC3)nnc2C(N)=O)cc1. The highest BCUT2D eigenvalue weighted by molar-refractivity contribution is 5.96. The van der Waals surface area contributed by atoms with Crippen LogP contribution in [-0.4, -0.2) is 34.2 Å². The molecule has 0 aliphatic carbocycles. The molecule has 0 spiro atoms. The number of hydrogen-bond acceptors (Lipinski definition) is 6. The van der Waals surface area contributed by atoms with E-state index < -0.39 is 5.91 Å². The number of aromatic nitrogens is 3. The third-order valence-corrected chi connectivity index (χ3v) is 3.86. The molecule has 0 bridgehead atoms. The van der Waals surface area contributed by atoms with Gasteiger partial charge in [-0.05, 0) is 38.3 Å². The number of piperidine rings is 1. The molecule has 1 aromatic heterocycles. The van der Waals surface area contributed by atoms with Crippen LogP contribution in [0.25, 0.3) is 0 Å². The van der Waals surface area contributed by atoms with Crippen LogP contribution >= 0.6 is 0 Å². The number of nitrogens with zero attached hydrogens (tertiary/aromatic N) is 4. The molecule has 0 unspecified atom stereocenters. The molecule has 3 rings (SSSR count). The van der Waals surface area contributed by atoms with Gasteiger partial charge in [0.15, 0.2) is 11.5 Å². The number of rotatable bonds is 4. The van der Waals surface area contributed by atoms with E-state index in [0.717, 1.165) is 37.2 Å². The molecule has 7 nitrogen and oxygen atoms in total. The smallest absolute Gasteiger partial charge is 0.273 e. The Morgan fingerprint density at radius 3 is 2.48 bits per heavy atom. The van der Waals surface area contributed by atoms with Gasteiger partial charge in [0.1, 0.15) is 0 Å². The van der Waals surface area contributed by atoms with Crippen molar-refractivity contribution in [2.75, 3.05) is 23.3 Å². The largest absolute Gasteiger partial charge is 0.364 e. The van der Waals surface area contributed by atoms with Crippen LogP contribution in [0.4, 0.5) is 17.5 Å². The standard InChI is InChI=1S/C16H20N6O/c1-11-5-7-12(8-6-11)18-15-13(14(17)23)20-21-16(19-15)22-9-3-2-4-10-22/h5-8H,2-4,9-10H2,1H3,(H2,17,23)(H,18,19,21). The summed E-state index contributed by atoms with van der Waals surface area (Å²) in [7, 11) is 0. The Labute approximate surface area is 134 Å². The normalized spacial score (nSPS) is 14.6. The zero-order valence-corrected chi connectivity index (χ0v) is 13.1. The molecule has 1 aliphatic rings. The molecular weight excluding hydrogens is 292 g/mol. The number of amides is 1. The van der Waals surface area contributed by atoms with Crippen molar-refractivity contribution in [1.29, 1.82) is 0 Å². The average Bonchev–Trinajstić information content (AvgIpc) is 2.57. The van der Waals surface area contributed by atoms with Crippen molar-refractivity contribution in [1.82, 2.24) is 15.2 Å². The maximum Gasteiger partial charge on any atom is 0.273 e. The summed E-state index contributed by atoms with van der Waals surface area (Å²) in [5, 5.41) is 11.2. The number of anilines is 3. The number of nitrogens with two attached hydrogens (primary N) is 1. The van der Waals surface area contributed by atoms with Gasteiger partial charge in [-0.1, -0.05) is 17.7 Å². The van der Waals surface area contributed by atoms with Crippen molar-refractivity contribution >= 4 is 23.4 Å². The average molecular weight is 312 g/mol. The minimum absolute atomic E-state index is 0.0475. The molecule has 0 radical (unpaired) electrons. The molecule has 1 aliphatic heterocycles. The lowest BCUT2D eigenvalue weighted by atomic mass is 10.1. The third-order valence-electron chi connectivity index (χ3n) is 3.86. The third kappa shape index (κ3) is 3.56. The molecule has 120 valence electrons. The molecular formula is C16H20N6O. The van der Waals surface area contributed by atoms with E-state index in [-0.39, 0.29) is 5.69 Å². The van der Waals surface area contributed by atoms with Crippen LogP contribution in [0.2, 0.25) is 0 Å². The van der Waals surface area contributed by atoms with E-state index in [1.807, 2.05) is 31.2 Å². The highest BCUT2D eigenvalue weighted by atomic mass is 16.1. The molecule has 23 heavy (non-hydrogen) atoms. The highest BCUT2D eigenvalue weighted by Gasteiger charge is 2.19. The lowest BCUT2D eigenvalue weighted by Gasteiger charge is -2.26. The quantitative estimate of drug-likeness (QED) is 0.896. The maximum atomic E-state index is 11.6. The van der Waals surface area contributed by atoms with Gasteiger partial charge in [-0.3, -0.25) is 4.79 Å². The van der Waals surface area contributed by atoms with Crippen LogP contribution < -0.4 is 16.0 Å². The second kappa shape index (κ2) is 6.60. The number of primary amides is 1. The summed E-state index contributed by atoms with van der Waals surface area (Å²) in [6, 6.07) is 7.80. The van der Waals surface area contributed by atoms with Crippen molar-refractivity contribution in [2.45, 2.75) is 26.2 Å². The predicted molar refractivity (Wildman–Crippen MR) is 88.9 cm³/mol. The summed E-state index contributed by atoms with van der Waals surface area (Å²) in [4.78, 5) is 18.1. The number of benzene rings is 1. The Balaban J connectivity index is 1.91. The number of carbonyl (C=O) groups is 1. The summed E-state index contributed by atoms with van der Waals surface area (Å²) in [6.07, 6.45) is 3.45. The minimum atomic E-state index is -0.648. The van der Waals surface area contributed by atoms with E-state index in [9.17, 15) is 4.79 Å². The van der Waals surface area contributed by atoms with Crippen LogP contribution in [0, 0.1) is 6.92 Å². The molecule has 1 saturated heterocycles. The first kappa shape index (κ1) is 15.2. The molecule has 7 heteroatoms. The fourth-order valence-corrected chi connectivity index (χ4v) is 2.57. The van der Waals surface area contributed by atoms with Crippen molar-refractivity contribution in [3.8, 4) is 0 Å². The van der Waals surface area contributed by atoms with Gasteiger partial charge in [-0.25, -0.2) is 0 Å².